The molecule has 1 heterocycles. The molecule has 22 heavy (non-hydrogen) atoms. The Morgan fingerprint density at radius 2 is 1.91 bits per heavy atom. The number of hydrogen-bond donors (Lipinski definition) is 1. The fraction of sp³-hybridized carbons (Fsp3) is 0.125. The van der Waals surface area contributed by atoms with Gasteiger partial charge in [0.2, 0.25) is 0 Å². The van der Waals surface area contributed by atoms with Crippen molar-refractivity contribution in [2.45, 2.75) is 6.42 Å². The Balaban J connectivity index is 0.00000176. The van der Waals surface area contributed by atoms with Crippen molar-refractivity contribution < 1.29 is 4.39 Å². The molecule has 0 aliphatic heterocycles. The van der Waals surface area contributed by atoms with Gasteiger partial charge in [0.05, 0.1) is 11.0 Å². The van der Waals surface area contributed by atoms with Gasteiger partial charge in [-0.25, -0.2) is 9.37 Å². The highest BCUT2D eigenvalue weighted by molar-refractivity contribution is 5.85. The van der Waals surface area contributed by atoms with Crippen LogP contribution in [0.15, 0.2) is 42.5 Å². The standard InChI is InChI=1S/C16H13FN4.ClH/c17-13-6-7-14-16(12(13)10-19)21(15(20-14)8-9-18)11-4-2-1-3-5-11;/h1-7H,8-9,18H2;1H. The van der Waals surface area contributed by atoms with E-state index in [4.69, 9.17) is 5.73 Å². The maximum Gasteiger partial charge on any atom is 0.143 e. The van der Waals surface area contributed by atoms with Gasteiger partial charge in [-0.1, -0.05) is 18.2 Å². The number of hydrogen-bond acceptors (Lipinski definition) is 3. The van der Waals surface area contributed by atoms with Gasteiger partial charge in [0.1, 0.15) is 23.3 Å². The van der Waals surface area contributed by atoms with Gasteiger partial charge in [-0.15, -0.1) is 12.4 Å². The lowest BCUT2D eigenvalue weighted by Crippen LogP contribution is -2.09. The topological polar surface area (TPSA) is 67.6 Å². The molecule has 4 nitrogen and oxygen atoms in total. The molecule has 0 spiro atoms. The number of rotatable bonds is 3. The first-order valence-electron chi connectivity index (χ1n) is 6.61. The molecule has 0 aliphatic carbocycles. The van der Waals surface area contributed by atoms with E-state index in [2.05, 4.69) is 4.98 Å². The molecule has 0 bridgehead atoms. The number of nitrogens with two attached hydrogens (primary N) is 1. The Morgan fingerprint density at radius 3 is 2.55 bits per heavy atom. The van der Waals surface area contributed by atoms with E-state index >= 15 is 0 Å². The van der Waals surface area contributed by atoms with E-state index in [-0.39, 0.29) is 18.0 Å². The summed E-state index contributed by atoms with van der Waals surface area (Å²) in [5.41, 5.74) is 7.57. The third kappa shape index (κ3) is 2.54. The summed E-state index contributed by atoms with van der Waals surface area (Å²) < 4.78 is 15.7. The summed E-state index contributed by atoms with van der Waals surface area (Å²) in [6, 6.07) is 14.3. The van der Waals surface area contributed by atoms with Crippen molar-refractivity contribution in [1.82, 2.24) is 9.55 Å². The molecule has 0 amide bonds. The summed E-state index contributed by atoms with van der Waals surface area (Å²) in [5.74, 6) is 0.183. The molecular formula is C16H14ClFN4. The summed E-state index contributed by atoms with van der Waals surface area (Å²) >= 11 is 0. The van der Waals surface area contributed by atoms with Crippen LogP contribution >= 0.6 is 12.4 Å². The number of nitriles is 1. The van der Waals surface area contributed by atoms with Gasteiger partial charge in [-0.05, 0) is 30.8 Å². The normalized spacial score (nSPS) is 10.2. The third-order valence-electron chi connectivity index (χ3n) is 3.33. The summed E-state index contributed by atoms with van der Waals surface area (Å²) in [4.78, 5) is 4.49. The van der Waals surface area contributed by atoms with Gasteiger partial charge in [0, 0.05) is 12.1 Å². The molecule has 3 aromatic rings. The summed E-state index contributed by atoms with van der Waals surface area (Å²) in [7, 11) is 0. The van der Waals surface area contributed by atoms with E-state index in [1.54, 1.807) is 6.07 Å². The Labute approximate surface area is 133 Å². The first-order chi connectivity index (χ1) is 10.3. The molecule has 0 unspecified atom stereocenters. The molecule has 0 atom stereocenters. The lowest BCUT2D eigenvalue weighted by Gasteiger charge is -2.09. The zero-order valence-electron chi connectivity index (χ0n) is 11.7. The van der Waals surface area contributed by atoms with Gasteiger partial charge < -0.3 is 5.73 Å². The van der Waals surface area contributed by atoms with Crippen LogP contribution in [0.1, 0.15) is 11.4 Å². The Morgan fingerprint density at radius 1 is 1.18 bits per heavy atom. The Bertz CT molecular complexity index is 837. The van der Waals surface area contributed by atoms with Crippen LogP contribution in [-0.2, 0) is 6.42 Å². The number of nitrogens with zero attached hydrogens (tertiary/aromatic N) is 3. The van der Waals surface area contributed by atoms with Crippen molar-refractivity contribution >= 4 is 23.4 Å². The molecule has 0 saturated heterocycles. The maximum atomic E-state index is 13.9. The van der Waals surface area contributed by atoms with E-state index in [9.17, 15) is 9.65 Å². The third-order valence-corrected chi connectivity index (χ3v) is 3.33. The van der Waals surface area contributed by atoms with Crippen LogP contribution in [0.3, 0.4) is 0 Å². The quantitative estimate of drug-likeness (QED) is 0.807. The first-order valence-corrected chi connectivity index (χ1v) is 6.61. The highest BCUT2D eigenvalue weighted by Gasteiger charge is 2.17. The van der Waals surface area contributed by atoms with Crippen LogP contribution in [0.4, 0.5) is 4.39 Å². The monoisotopic (exact) mass is 316 g/mol. The molecule has 2 aromatic carbocycles. The van der Waals surface area contributed by atoms with Gasteiger partial charge in [0.25, 0.3) is 0 Å². The van der Waals surface area contributed by atoms with Crippen molar-refractivity contribution in [3.05, 3.63) is 59.7 Å². The van der Waals surface area contributed by atoms with Crippen molar-refractivity contribution in [2.75, 3.05) is 6.54 Å². The Hall–Kier alpha value is -2.42. The molecule has 0 saturated carbocycles. The highest BCUT2D eigenvalue weighted by atomic mass is 35.5. The molecule has 112 valence electrons. The predicted molar refractivity (Wildman–Crippen MR) is 85.7 cm³/mol. The summed E-state index contributed by atoms with van der Waals surface area (Å²) in [6.45, 7) is 0.431. The van der Waals surface area contributed by atoms with Gasteiger partial charge >= 0.3 is 0 Å². The minimum atomic E-state index is -0.540. The lowest BCUT2D eigenvalue weighted by molar-refractivity contribution is 0.625. The SMILES string of the molecule is Cl.N#Cc1c(F)ccc2nc(CCN)n(-c3ccccc3)c12. The second-order valence-corrected chi connectivity index (χ2v) is 4.64. The van der Waals surface area contributed by atoms with E-state index in [1.807, 2.05) is 41.0 Å². The number of aromatic nitrogens is 2. The summed E-state index contributed by atoms with van der Waals surface area (Å²) in [5, 5.41) is 9.27. The highest BCUT2D eigenvalue weighted by Crippen LogP contribution is 2.26. The van der Waals surface area contributed by atoms with Crippen LogP contribution in [0.5, 0.6) is 0 Å². The van der Waals surface area contributed by atoms with Crippen molar-refractivity contribution in [2.24, 2.45) is 5.73 Å². The number of halogens is 2. The van der Waals surface area contributed by atoms with Crippen LogP contribution in [0, 0.1) is 17.1 Å². The second kappa shape index (κ2) is 6.56. The lowest BCUT2D eigenvalue weighted by atomic mass is 10.2. The Kier molecular flexibility index (Phi) is 4.76. The fourth-order valence-electron chi connectivity index (χ4n) is 2.45. The molecule has 0 radical (unpaired) electrons. The molecule has 0 fully saturated rings. The maximum absolute atomic E-state index is 13.9. The van der Waals surface area contributed by atoms with Gasteiger partial charge in [0.15, 0.2) is 0 Å². The largest absolute Gasteiger partial charge is 0.330 e. The van der Waals surface area contributed by atoms with Crippen LogP contribution in [0.25, 0.3) is 16.7 Å². The van der Waals surface area contributed by atoms with Crippen LogP contribution in [-0.4, -0.2) is 16.1 Å². The molecule has 0 aliphatic rings. The van der Waals surface area contributed by atoms with Crippen LogP contribution < -0.4 is 5.73 Å². The van der Waals surface area contributed by atoms with Crippen LogP contribution in [0.2, 0.25) is 0 Å². The van der Waals surface area contributed by atoms with Crippen molar-refractivity contribution in [3.63, 3.8) is 0 Å². The van der Waals surface area contributed by atoms with E-state index < -0.39 is 5.82 Å². The molecule has 1 aromatic heterocycles. The molecule has 3 rings (SSSR count). The zero-order chi connectivity index (χ0) is 14.8. The van der Waals surface area contributed by atoms with Gasteiger partial charge in [-0.3, -0.25) is 4.57 Å². The van der Waals surface area contributed by atoms with E-state index in [0.29, 0.717) is 24.0 Å². The minimum absolute atomic E-state index is 0. The average Bonchev–Trinajstić information content (AvgIpc) is 2.87. The predicted octanol–water partition coefficient (Wildman–Crippen LogP) is 2.96. The fourth-order valence-corrected chi connectivity index (χ4v) is 2.45. The number of imidazole rings is 1. The van der Waals surface area contributed by atoms with E-state index in [0.717, 1.165) is 11.5 Å². The minimum Gasteiger partial charge on any atom is -0.330 e. The van der Waals surface area contributed by atoms with Crippen molar-refractivity contribution in [1.29, 1.82) is 5.26 Å². The number of fused-ring (bicyclic) bond motifs is 1. The molecular weight excluding hydrogens is 303 g/mol. The first kappa shape index (κ1) is 16.0. The number of para-hydroxylation sites is 1. The van der Waals surface area contributed by atoms with Crippen molar-refractivity contribution in [3.8, 4) is 11.8 Å². The molecule has 2 N–H and O–H groups in total. The van der Waals surface area contributed by atoms with Gasteiger partial charge in [-0.2, -0.15) is 5.26 Å². The zero-order valence-corrected chi connectivity index (χ0v) is 12.5. The molecule has 6 heteroatoms. The smallest absolute Gasteiger partial charge is 0.143 e. The average molecular weight is 317 g/mol. The van der Waals surface area contributed by atoms with E-state index in [1.165, 1.54) is 6.07 Å². The second-order valence-electron chi connectivity index (χ2n) is 4.64. The number of benzene rings is 2. The summed E-state index contributed by atoms with van der Waals surface area (Å²) in [6.07, 6.45) is 0.552.